The first kappa shape index (κ1) is 63.2. The number of aliphatic hydroxyl groups is 2. The first-order valence-electron chi connectivity index (χ1n) is 24.3. The number of carbonyl (C=O) groups excluding carboxylic acids is 9. The van der Waals surface area contributed by atoms with Crippen LogP contribution in [0.2, 0.25) is 0 Å². The monoisotopic (exact) mass is 1010 g/mol. The van der Waals surface area contributed by atoms with Gasteiger partial charge in [-0.25, -0.2) is 0 Å². The molecule has 0 saturated heterocycles. The fraction of sp³-hybridized carbons (Fsp3) is 0.674. The summed E-state index contributed by atoms with van der Waals surface area (Å²) in [5.74, 6) is -7.08. The molecule has 0 saturated carbocycles. The molecule has 0 aliphatic rings. The van der Waals surface area contributed by atoms with Crippen LogP contribution in [0.5, 0.6) is 0 Å². The maximum absolute atomic E-state index is 14.1. The highest BCUT2D eigenvalue weighted by molar-refractivity contribution is 5.97. The van der Waals surface area contributed by atoms with Crippen LogP contribution in [0.4, 0.5) is 0 Å². The summed E-state index contributed by atoms with van der Waals surface area (Å²) in [6, 6.07) is -2.41. The van der Waals surface area contributed by atoms with Crippen molar-refractivity contribution in [1.29, 1.82) is 0 Å². The average molecular weight is 1010 g/mol. The van der Waals surface area contributed by atoms with Crippen LogP contribution >= 0.6 is 0 Å². The summed E-state index contributed by atoms with van der Waals surface area (Å²) in [5.41, 5.74) is 35.0. The van der Waals surface area contributed by atoms with Gasteiger partial charge in [-0.2, -0.15) is 0 Å². The van der Waals surface area contributed by atoms with E-state index in [9.17, 15) is 53.4 Å². The number of carbonyl (C=O) groups is 9. The summed E-state index contributed by atoms with van der Waals surface area (Å²) in [4.78, 5) is 120. The van der Waals surface area contributed by atoms with E-state index in [2.05, 4.69) is 56.4 Å². The van der Waals surface area contributed by atoms with Gasteiger partial charge in [0.05, 0.1) is 18.2 Å². The van der Waals surface area contributed by atoms with Crippen molar-refractivity contribution < 1.29 is 53.4 Å². The van der Waals surface area contributed by atoms with Gasteiger partial charge in [-0.15, -0.1) is 0 Å². The number of rotatable bonds is 36. The molecule has 25 nitrogen and oxygen atoms in total. The summed E-state index contributed by atoms with van der Waals surface area (Å²) < 4.78 is 0. The van der Waals surface area contributed by atoms with Crippen LogP contribution < -0.4 is 76.9 Å². The van der Waals surface area contributed by atoms with Crippen molar-refractivity contribution in [3.05, 3.63) is 35.9 Å². The van der Waals surface area contributed by atoms with E-state index in [4.69, 9.17) is 34.4 Å². The summed E-state index contributed by atoms with van der Waals surface area (Å²) in [5, 5.41) is 40.9. The van der Waals surface area contributed by atoms with Crippen molar-refractivity contribution in [3.63, 3.8) is 0 Å². The molecule has 0 heterocycles. The van der Waals surface area contributed by atoms with Crippen molar-refractivity contribution in [2.75, 3.05) is 32.7 Å². The van der Waals surface area contributed by atoms with E-state index >= 15 is 0 Å². The molecule has 0 fully saturated rings. The average Bonchev–Trinajstić information content (AvgIpc) is 3.32. The third-order valence-corrected chi connectivity index (χ3v) is 11.6. The number of hydrogen-bond acceptors (Lipinski definition) is 16. The van der Waals surface area contributed by atoms with E-state index in [1.165, 1.54) is 13.8 Å². The van der Waals surface area contributed by atoms with Crippen LogP contribution in [0, 0.1) is 5.92 Å². The Bertz CT molecular complexity index is 1840. The minimum Gasteiger partial charge on any atom is -0.391 e. The standard InChI is InChI=1S/C46H82N14O11/c1-5-26(2)11-9-10-14-36(63)54-31(16-21-48)44(69)60-38(28(4)62)46(71)57-33(18-23-50)41(66)56-34(19-24-53-45(70)37(27(3)61)59-40(65)30(51)15-20-47)43(68)55-32(17-22-49)42(67)58-35(39(52)64)25-29-12-7-6-8-13-29/h6-8,12-13,26-28,30-35,37-38,61-62H,5,9-11,14-25,47-51H2,1-4H3,(H2,52,64)(H,53,70)(H,54,63)(H,55,68)(H,56,66)(H,57,71)(H,58,67)(H,59,65)(H,60,69)/t26?,27-,28-,30+,31+,32+,33+,34+,35-,37+,38+/m1/s1. The van der Waals surface area contributed by atoms with Gasteiger partial charge in [0.2, 0.25) is 53.2 Å². The topological polar surface area (TPSA) is 446 Å². The highest BCUT2D eigenvalue weighted by atomic mass is 16.3. The Balaban J connectivity index is 3.41. The van der Waals surface area contributed by atoms with E-state index in [0.717, 1.165) is 19.3 Å². The Morgan fingerprint density at radius 3 is 1.44 bits per heavy atom. The van der Waals surface area contributed by atoms with Crippen LogP contribution in [0.1, 0.15) is 97.5 Å². The largest absolute Gasteiger partial charge is 0.391 e. The zero-order valence-corrected chi connectivity index (χ0v) is 41.6. The summed E-state index contributed by atoms with van der Waals surface area (Å²) in [6.45, 7) is 6.03. The lowest BCUT2D eigenvalue weighted by Crippen LogP contribution is -2.62. The quantitative estimate of drug-likeness (QED) is 0.0279. The van der Waals surface area contributed by atoms with Gasteiger partial charge in [0.25, 0.3) is 0 Å². The molecule has 11 atom stereocenters. The Labute approximate surface area is 416 Å². The van der Waals surface area contributed by atoms with Gasteiger partial charge in [-0.05, 0) is 90.0 Å². The maximum Gasteiger partial charge on any atom is 0.245 e. The molecular weight excluding hydrogens is 925 g/mol. The van der Waals surface area contributed by atoms with Gasteiger partial charge < -0.3 is 87.1 Å². The molecule has 402 valence electrons. The molecule has 0 bridgehead atoms. The number of nitrogens with two attached hydrogens (primary N) is 6. The number of nitrogens with one attached hydrogen (secondary N) is 8. The van der Waals surface area contributed by atoms with Crippen LogP contribution in [0.15, 0.2) is 30.3 Å². The van der Waals surface area contributed by atoms with Crippen molar-refractivity contribution in [2.24, 2.45) is 40.3 Å². The third-order valence-electron chi connectivity index (χ3n) is 11.6. The van der Waals surface area contributed by atoms with Crippen LogP contribution in [-0.4, -0.2) is 157 Å². The minimum absolute atomic E-state index is 0.00344. The molecular formula is C46H82N14O11. The van der Waals surface area contributed by atoms with E-state index in [-0.39, 0.29) is 71.2 Å². The number of primary amides is 1. The molecule has 1 unspecified atom stereocenters. The van der Waals surface area contributed by atoms with Gasteiger partial charge in [0.1, 0.15) is 42.3 Å². The number of hydrogen-bond donors (Lipinski definition) is 16. The lowest BCUT2D eigenvalue weighted by molar-refractivity contribution is -0.137. The Kier molecular flexibility index (Phi) is 30.7. The smallest absolute Gasteiger partial charge is 0.245 e. The Morgan fingerprint density at radius 1 is 0.521 bits per heavy atom. The summed E-state index contributed by atoms with van der Waals surface area (Å²) >= 11 is 0. The highest BCUT2D eigenvalue weighted by Gasteiger charge is 2.35. The second-order valence-electron chi connectivity index (χ2n) is 17.7. The van der Waals surface area contributed by atoms with E-state index in [1.807, 2.05) is 0 Å². The van der Waals surface area contributed by atoms with E-state index < -0.39 is 120 Å². The minimum atomic E-state index is -1.66. The van der Waals surface area contributed by atoms with Crippen LogP contribution in [-0.2, 0) is 49.6 Å². The first-order valence-corrected chi connectivity index (χ1v) is 24.3. The molecule has 0 aromatic heterocycles. The summed E-state index contributed by atoms with van der Waals surface area (Å²) in [6.07, 6.45) is -0.0889. The molecule has 0 aliphatic carbocycles. The lowest BCUT2D eigenvalue weighted by atomic mass is 10.0. The zero-order valence-electron chi connectivity index (χ0n) is 41.6. The number of benzene rings is 1. The number of unbranched alkanes of at least 4 members (excludes halogenated alkanes) is 1. The van der Waals surface area contributed by atoms with Crippen LogP contribution in [0.3, 0.4) is 0 Å². The molecule has 71 heavy (non-hydrogen) atoms. The molecule has 22 N–H and O–H groups in total. The predicted octanol–water partition coefficient (Wildman–Crippen LogP) is -5.30. The van der Waals surface area contributed by atoms with E-state index in [0.29, 0.717) is 17.9 Å². The molecule has 25 heteroatoms. The van der Waals surface area contributed by atoms with E-state index in [1.54, 1.807) is 30.3 Å². The highest BCUT2D eigenvalue weighted by Crippen LogP contribution is 2.13. The van der Waals surface area contributed by atoms with Gasteiger partial charge in [0.15, 0.2) is 0 Å². The fourth-order valence-corrected chi connectivity index (χ4v) is 7.06. The Hall–Kier alpha value is -5.83. The van der Waals surface area contributed by atoms with Crippen molar-refractivity contribution in [1.82, 2.24) is 42.5 Å². The van der Waals surface area contributed by atoms with Crippen molar-refractivity contribution in [3.8, 4) is 0 Å². The predicted molar refractivity (Wildman–Crippen MR) is 264 cm³/mol. The lowest BCUT2D eigenvalue weighted by Gasteiger charge is -2.28. The maximum atomic E-state index is 14.1. The van der Waals surface area contributed by atoms with Gasteiger partial charge >= 0.3 is 0 Å². The second-order valence-corrected chi connectivity index (χ2v) is 17.7. The third kappa shape index (κ3) is 24.2. The number of amides is 9. The molecule has 0 spiro atoms. The SMILES string of the molecule is CCC(C)CCCCC(=O)N[C@@H](CCN)C(=O)N[C@H](C(=O)N[C@@H](CCN)C(=O)N[C@@H](CCNC(=O)[C@@H](NC(=O)[C@@H](N)CCN)[C@@H](C)O)C(=O)N[C@@H](CCN)C(=O)N[C@H](Cc1ccccc1)C(N)=O)[C@@H](C)O. The molecule has 0 aliphatic heterocycles. The van der Waals surface area contributed by atoms with Gasteiger partial charge in [-0.3, -0.25) is 43.2 Å². The van der Waals surface area contributed by atoms with Gasteiger partial charge in [-0.1, -0.05) is 63.4 Å². The molecule has 1 aromatic rings. The van der Waals surface area contributed by atoms with Gasteiger partial charge in [0, 0.05) is 19.4 Å². The summed E-state index contributed by atoms with van der Waals surface area (Å²) in [7, 11) is 0. The fourth-order valence-electron chi connectivity index (χ4n) is 7.06. The molecule has 1 rings (SSSR count). The number of aliphatic hydroxyl groups excluding tert-OH is 2. The molecule has 0 radical (unpaired) electrons. The normalized spacial score (nSPS) is 15.8. The Morgan fingerprint density at radius 2 is 0.958 bits per heavy atom. The molecule has 1 aromatic carbocycles. The van der Waals surface area contributed by atoms with Crippen molar-refractivity contribution >= 4 is 53.2 Å². The van der Waals surface area contributed by atoms with Crippen LogP contribution in [0.25, 0.3) is 0 Å². The van der Waals surface area contributed by atoms with Crippen molar-refractivity contribution in [2.45, 2.75) is 159 Å². The first-order chi connectivity index (χ1) is 33.6. The molecule has 9 amide bonds. The zero-order chi connectivity index (χ0) is 53.6. The second kappa shape index (κ2) is 34.5.